The van der Waals surface area contributed by atoms with E-state index in [4.69, 9.17) is 4.74 Å². The number of unbranched alkanes of at least 4 members (excludes halogenated alkanes) is 1. The number of hydrogen-bond donors (Lipinski definition) is 1. The maximum Gasteiger partial charge on any atom is 0.325 e. The van der Waals surface area contributed by atoms with E-state index < -0.39 is 5.54 Å². The summed E-state index contributed by atoms with van der Waals surface area (Å²) < 4.78 is 4.84. The van der Waals surface area contributed by atoms with E-state index in [1.807, 2.05) is 14.0 Å². The third kappa shape index (κ3) is 4.25. The Bertz CT molecular complexity index is 267. The van der Waals surface area contributed by atoms with Crippen molar-refractivity contribution in [3.8, 4) is 0 Å². The predicted molar refractivity (Wildman–Crippen MR) is 73.6 cm³/mol. The Labute approximate surface area is 111 Å². The molecule has 0 amide bonds. The second kappa shape index (κ2) is 7.10. The van der Waals surface area contributed by atoms with Gasteiger partial charge in [0.1, 0.15) is 5.54 Å². The third-order valence-electron chi connectivity index (χ3n) is 4.03. The third-order valence-corrected chi connectivity index (χ3v) is 4.03. The topological polar surface area (TPSA) is 41.6 Å². The molecule has 1 aliphatic carbocycles. The van der Waals surface area contributed by atoms with Crippen LogP contribution in [0.25, 0.3) is 0 Å². The zero-order chi connectivity index (χ0) is 13.6. The molecule has 4 nitrogen and oxygen atoms in total. The number of ether oxygens (including phenoxy) is 1. The quantitative estimate of drug-likeness (QED) is 0.504. The van der Waals surface area contributed by atoms with Gasteiger partial charge < -0.3 is 15.0 Å². The summed E-state index contributed by atoms with van der Waals surface area (Å²) in [6.07, 6.45) is 5.77. The standard InChI is InChI=1S/C14H28N2O2/c1-5-16(12-8-9-12)11-7-6-10-14(2,15-3)13(17)18-4/h12,15H,5-11H2,1-4H3. The number of likely N-dealkylation sites (N-methyl/N-ethyl adjacent to an activating group) is 1. The van der Waals surface area contributed by atoms with Crippen molar-refractivity contribution in [3.05, 3.63) is 0 Å². The number of carbonyl (C=O) groups excluding carboxylic acids is 1. The first-order chi connectivity index (χ1) is 8.57. The second-order valence-electron chi connectivity index (χ2n) is 5.39. The number of rotatable bonds is 9. The summed E-state index contributed by atoms with van der Waals surface area (Å²) in [6.45, 7) is 6.44. The van der Waals surface area contributed by atoms with Gasteiger partial charge in [0, 0.05) is 6.04 Å². The van der Waals surface area contributed by atoms with Crippen LogP contribution in [0, 0.1) is 0 Å². The first kappa shape index (κ1) is 15.4. The lowest BCUT2D eigenvalue weighted by atomic mass is 9.95. The molecule has 106 valence electrons. The van der Waals surface area contributed by atoms with Crippen LogP contribution < -0.4 is 5.32 Å². The summed E-state index contributed by atoms with van der Waals surface area (Å²) >= 11 is 0. The molecular weight excluding hydrogens is 228 g/mol. The Morgan fingerprint density at radius 3 is 2.56 bits per heavy atom. The molecule has 0 aromatic carbocycles. The number of carbonyl (C=O) groups is 1. The molecule has 1 N–H and O–H groups in total. The molecule has 0 spiro atoms. The molecule has 0 aromatic heterocycles. The number of nitrogens with zero attached hydrogens (tertiary/aromatic N) is 1. The highest BCUT2D eigenvalue weighted by atomic mass is 16.5. The van der Waals surface area contributed by atoms with E-state index in [2.05, 4.69) is 17.1 Å². The summed E-state index contributed by atoms with van der Waals surface area (Å²) in [4.78, 5) is 14.2. The first-order valence-electron chi connectivity index (χ1n) is 7.08. The molecule has 0 heterocycles. The Balaban J connectivity index is 2.24. The van der Waals surface area contributed by atoms with Crippen LogP contribution in [0.3, 0.4) is 0 Å². The maximum absolute atomic E-state index is 11.7. The van der Waals surface area contributed by atoms with Gasteiger partial charge in [0.2, 0.25) is 0 Å². The van der Waals surface area contributed by atoms with Crippen LogP contribution in [0.15, 0.2) is 0 Å². The summed E-state index contributed by atoms with van der Waals surface area (Å²) in [5.74, 6) is -0.167. The molecule has 1 unspecified atom stereocenters. The van der Waals surface area contributed by atoms with Gasteiger partial charge >= 0.3 is 5.97 Å². The monoisotopic (exact) mass is 256 g/mol. The zero-order valence-electron chi connectivity index (χ0n) is 12.3. The average molecular weight is 256 g/mol. The summed E-state index contributed by atoms with van der Waals surface area (Å²) in [6, 6.07) is 0.839. The second-order valence-corrected chi connectivity index (χ2v) is 5.39. The largest absolute Gasteiger partial charge is 0.468 e. The van der Waals surface area contributed by atoms with E-state index in [1.54, 1.807) is 0 Å². The van der Waals surface area contributed by atoms with Crippen molar-refractivity contribution in [2.45, 2.75) is 57.5 Å². The molecule has 1 atom stereocenters. The minimum absolute atomic E-state index is 0.167. The molecule has 0 bridgehead atoms. The van der Waals surface area contributed by atoms with E-state index in [9.17, 15) is 4.79 Å². The zero-order valence-corrected chi connectivity index (χ0v) is 12.3. The lowest BCUT2D eigenvalue weighted by molar-refractivity contribution is -0.148. The fourth-order valence-corrected chi connectivity index (χ4v) is 2.39. The number of hydrogen-bond acceptors (Lipinski definition) is 4. The van der Waals surface area contributed by atoms with E-state index in [0.29, 0.717) is 0 Å². The van der Waals surface area contributed by atoms with Crippen LogP contribution >= 0.6 is 0 Å². The Kier molecular flexibility index (Phi) is 6.09. The van der Waals surface area contributed by atoms with Gasteiger partial charge in [-0.3, -0.25) is 4.79 Å². The van der Waals surface area contributed by atoms with Gasteiger partial charge in [-0.1, -0.05) is 6.92 Å². The molecule has 1 saturated carbocycles. The van der Waals surface area contributed by atoms with Crippen LogP contribution in [0.5, 0.6) is 0 Å². The molecular formula is C14H28N2O2. The van der Waals surface area contributed by atoms with Crippen molar-refractivity contribution < 1.29 is 9.53 Å². The minimum Gasteiger partial charge on any atom is -0.468 e. The molecule has 0 radical (unpaired) electrons. The van der Waals surface area contributed by atoms with Crippen LogP contribution in [0.1, 0.15) is 46.0 Å². The fourth-order valence-electron chi connectivity index (χ4n) is 2.39. The highest BCUT2D eigenvalue weighted by molar-refractivity contribution is 5.80. The maximum atomic E-state index is 11.7. The fraction of sp³-hybridized carbons (Fsp3) is 0.929. The van der Waals surface area contributed by atoms with Gasteiger partial charge in [0.15, 0.2) is 0 Å². The van der Waals surface area contributed by atoms with E-state index in [0.717, 1.165) is 38.4 Å². The van der Waals surface area contributed by atoms with Gasteiger partial charge in [-0.05, 0) is 59.2 Å². The number of esters is 1. The lowest BCUT2D eigenvalue weighted by Gasteiger charge is -2.26. The van der Waals surface area contributed by atoms with Gasteiger partial charge in [-0.25, -0.2) is 0 Å². The van der Waals surface area contributed by atoms with E-state index >= 15 is 0 Å². The Morgan fingerprint density at radius 2 is 2.11 bits per heavy atom. The molecule has 4 heteroatoms. The highest BCUT2D eigenvalue weighted by Gasteiger charge is 2.32. The van der Waals surface area contributed by atoms with E-state index in [-0.39, 0.29) is 5.97 Å². The lowest BCUT2D eigenvalue weighted by Crippen LogP contribution is -2.48. The molecule has 1 aliphatic rings. The van der Waals surface area contributed by atoms with Crippen molar-refractivity contribution in [1.29, 1.82) is 0 Å². The molecule has 18 heavy (non-hydrogen) atoms. The summed E-state index contributed by atoms with van der Waals surface area (Å²) in [5, 5.41) is 3.08. The van der Waals surface area contributed by atoms with Crippen molar-refractivity contribution in [1.82, 2.24) is 10.2 Å². The highest BCUT2D eigenvalue weighted by Crippen LogP contribution is 2.27. The van der Waals surface area contributed by atoms with E-state index in [1.165, 1.54) is 20.0 Å². The normalized spacial score (nSPS) is 18.7. The minimum atomic E-state index is -0.536. The number of methoxy groups -OCH3 is 1. The van der Waals surface area contributed by atoms with Crippen LogP contribution in [-0.4, -0.2) is 49.7 Å². The van der Waals surface area contributed by atoms with Crippen molar-refractivity contribution in [2.75, 3.05) is 27.2 Å². The Hall–Kier alpha value is -0.610. The molecule has 1 rings (SSSR count). The SMILES string of the molecule is CCN(CCCCC(C)(NC)C(=O)OC)C1CC1. The van der Waals surface area contributed by atoms with Crippen molar-refractivity contribution in [2.24, 2.45) is 0 Å². The van der Waals surface area contributed by atoms with Gasteiger partial charge in [-0.2, -0.15) is 0 Å². The summed E-state index contributed by atoms with van der Waals surface area (Å²) in [7, 11) is 3.27. The van der Waals surface area contributed by atoms with Crippen molar-refractivity contribution >= 4 is 5.97 Å². The molecule has 0 aliphatic heterocycles. The first-order valence-corrected chi connectivity index (χ1v) is 7.08. The predicted octanol–water partition coefficient (Wildman–Crippen LogP) is 1.79. The van der Waals surface area contributed by atoms with Gasteiger partial charge in [0.25, 0.3) is 0 Å². The van der Waals surface area contributed by atoms with Crippen LogP contribution in [0.4, 0.5) is 0 Å². The van der Waals surface area contributed by atoms with Crippen molar-refractivity contribution in [3.63, 3.8) is 0 Å². The Morgan fingerprint density at radius 1 is 1.44 bits per heavy atom. The summed E-state index contributed by atoms with van der Waals surface area (Å²) in [5.41, 5.74) is -0.536. The molecule has 0 aromatic rings. The smallest absolute Gasteiger partial charge is 0.325 e. The van der Waals surface area contributed by atoms with Gasteiger partial charge in [-0.15, -0.1) is 0 Å². The van der Waals surface area contributed by atoms with Crippen LogP contribution in [0.2, 0.25) is 0 Å². The average Bonchev–Trinajstić information content (AvgIpc) is 3.21. The molecule has 0 saturated heterocycles. The van der Waals surface area contributed by atoms with Crippen LogP contribution in [-0.2, 0) is 9.53 Å². The van der Waals surface area contributed by atoms with Gasteiger partial charge in [0.05, 0.1) is 7.11 Å². The molecule has 1 fully saturated rings. The number of nitrogens with one attached hydrogen (secondary N) is 1.